The number of rotatable bonds is 2. The second-order valence-electron chi connectivity index (χ2n) is 5.35. The van der Waals surface area contributed by atoms with Gasteiger partial charge in [0.05, 0.1) is 11.4 Å². The summed E-state index contributed by atoms with van der Waals surface area (Å²) in [6, 6.07) is 16.2. The summed E-state index contributed by atoms with van der Waals surface area (Å²) in [6.45, 7) is 0. The fourth-order valence-electron chi connectivity index (χ4n) is 2.80. The number of fused-ring (bicyclic) bond motifs is 1. The normalized spacial score (nSPS) is 21.0. The average molecular weight is 303 g/mol. The number of allylic oxidation sites excluding steroid dienone is 1. The van der Waals surface area contributed by atoms with Crippen molar-refractivity contribution in [2.45, 2.75) is 5.92 Å². The molecule has 1 saturated heterocycles. The molecule has 0 saturated carbocycles. The molecule has 5 heteroatoms. The van der Waals surface area contributed by atoms with E-state index in [1.165, 1.54) is 0 Å². The third-order valence-corrected chi connectivity index (χ3v) is 3.91. The zero-order chi connectivity index (χ0) is 15.8. The van der Waals surface area contributed by atoms with Crippen molar-refractivity contribution in [1.82, 2.24) is 5.32 Å². The van der Waals surface area contributed by atoms with Crippen molar-refractivity contribution in [3.05, 3.63) is 71.9 Å². The van der Waals surface area contributed by atoms with Crippen LogP contribution >= 0.6 is 0 Å². The molecule has 3 amide bonds. The quantitative estimate of drug-likeness (QED) is 0.684. The summed E-state index contributed by atoms with van der Waals surface area (Å²) in [6.07, 6.45) is 3.53. The third-order valence-electron chi connectivity index (χ3n) is 3.91. The van der Waals surface area contributed by atoms with Gasteiger partial charge in [-0.2, -0.15) is 0 Å². The highest BCUT2D eigenvalue weighted by Crippen LogP contribution is 2.33. The lowest BCUT2D eigenvalue weighted by atomic mass is 10.00. The van der Waals surface area contributed by atoms with Crippen molar-refractivity contribution in [1.29, 1.82) is 0 Å². The molecule has 0 bridgehead atoms. The predicted molar refractivity (Wildman–Crippen MR) is 87.9 cm³/mol. The summed E-state index contributed by atoms with van der Waals surface area (Å²) in [5.74, 6) is -0.458. The summed E-state index contributed by atoms with van der Waals surface area (Å²) >= 11 is 0. The van der Waals surface area contributed by atoms with E-state index in [0.717, 1.165) is 16.2 Å². The highest BCUT2D eigenvalue weighted by atomic mass is 16.2. The molecular weight excluding hydrogens is 290 g/mol. The Hall–Kier alpha value is -3.21. The summed E-state index contributed by atoms with van der Waals surface area (Å²) in [4.78, 5) is 30.2. The second kappa shape index (κ2) is 5.21. The smallest absolute Gasteiger partial charge is 0.302 e. The number of imide groups is 1. The molecule has 1 unspecified atom stereocenters. The van der Waals surface area contributed by atoms with E-state index in [1.807, 2.05) is 30.3 Å². The van der Waals surface area contributed by atoms with Gasteiger partial charge in [-0.05, 0) is 29.8 Å². The van der Waals surface area contributed by atoms with Gasteiger partial charge in [0.25, 0.3) is 5.91 Å². The molecule has 1 N–H and O–H groups in total. The molecule has 1 atom stereocenters. The van der Waals surface area contributed by atoms with E-state index >= 15 is 0 Å². The number of urea groups is 1. The number of benzene rings is 2. The van der Waals surface area contributed by atoms with E-state index in [-0.39, 0.29) is 17.5 Å². The van der Waals surface area contributed by atoms with Crippen molar-refractivity contribution < 1.29 is 9.59 Å². The van der Waals surface area contributed by atoms with E-state index in [4.69, 9.17) is 0 Å². The van der Waals surface area contributed by atoms with E-state index in [1.54, 1.807) is 36.6 Å². The van der Waals surface area contributed by atoms with Crippen molar-refractivity contribution in [2.75, 3.05) is 4.90 Å². The Balaban J connectivity index is 1.66. The van der Waals surface area contributed by atoms with Crippen LogP contribution in [0.4, 0.5) is 16.2 Å². The van der Waals surface area contributed by atoms with E-state index in [2.05, 4.69) is 10.3 Å². The first-order chi connectivity index (χ1) is 11.2. The Bertz CT molecular complexity index is 856. The van der Waals surface area contributed by atoms with Gasteiger partial charge in [-0.3, -0.25) is 9.79 Å². The summed E-state index contributed by atoms with van der Waals surface area (Å²) in [5, 5.41) is 2.65. The Kier molecular flexibility index (Phi) is 3.05. The Morgan fingerprint density at radius 2 is 1.74 bits per heavy atom. The number of amides is 3. The molecule has 5 nitrogen and oxygen atoms in total. The second-order valence-corrected chi connectivity index (χ2v) is 5.35. The number of para-hydroxylation sites is 2. The molecule has 2 aromatic carbocycles. The molecule has 0 aromatic heterocycles. The van der Waals surface area contributed by atoms with Crippen LogP contribution in [0.15, 0.2) is 71.4 Å². The Morgan fingerprint density at radius 1 is 1.00 bits per heavy atom. The number of nitrogens with one attached hydrogen (secondary N) is 1. The predicted octanol–water partition coefficient (Wildman–Crippen LogP) is 3.13. The molecule has 0 aliphatic carbocycles. The average Bonchev–Trinajstić information content (AvgIpc) is 3.10. The van der Waals surface area contributed by atoms with Gasteiger partial charge in [-0.25, -0.2) is 9.69 Å². The fourth-order valence-corrected chi connectivity index (χ4v) is 2.80. The van der Waals surface area contributed by atoms with Gasteiger partial charge in [-0.15, -0.1) is 0 Å². The maximum atomic E-state index is 12.5. The van der Waals surface area contributed by atoms with Gasteiger partial charge in [-0.1, -0.05) is 36.4 Å². The topological polar surface area (TPSA) is 61.8 Å². The van der Waals surface area contributed by atoms with Gasteiger partial charge >= 0.3 is 6.03 Å². The van der Waals surface area contributed by atoms with Crippen LogP contribution in [-0.2, 0) is 4.79 Å². The molecule has 0 radical (unpaired) electrons. The Morgan fingerprint density at radius 3 is 2.57 bits per heavy atom. The van der Waals surface area contributed by atoms with Gasteiger partial charge in [0.1, 0.15) is 5.70 Å². The van der Waals surface area contributed by atoms with Crippen molar-refractivity contribution >= 4 is 29.5 Å². The van der Waals surface area contributed by atoms with Crippen LogP contribution < -0.4 is 10.2 Å². The van der Waals surface area contributed by atoms with Crippen LogP contribution in [0.2, 0.25) is 0 Å². The number of anilines is 1. The number of hydrogen-bond donors (Lipinski definition) is 1. The van der Waals surface area contributed by atoms with Crippen molar-refractivity contribution in [3.63, 3.8) is 0 Å². The largest absolute Gasteiger partial charge is 0.333 e. The first kappa shape index (κ1) is 13.5. The molecule has 2 aliphatic rings. The highest BCUT2D eigenvalue weighted by Gasteiger charge is 2.35. The van der Waals surface area contributed by atoms with Gasteiger partial charge < -0.3 is 5.32 Å². The number of carbonyl (C=O) groups excluding carboxylic acids is 2. The van der Waals surface area contributed by atoms with Crippen LogP contribution in [0.5, 0.6) is 0 Å². The van der Waals surface area contributed by atoms with Crippen LogP contribution in [0, 0.1) is 0 Å². The first-order valence-corrected chi connectivity index (χ1v) is 7.29. The highest BCUT2D eigenvalue weighted by molar-refractivity contribution is 6.27. The molecule has 0 spiro atoms. The maximum absolute atomic E-state index is 12.5. The number of hydrogen-bond acceptors (Lipinski definition) is 3. The monoisotopic (exact) mass is 303 g/mol. The molecule has 2 aliphatic heterocycles. The minimum absolute atomic E-state index is 0.110. The van der Waals surface area contributed by atoms with Gasteiger partial charge in [0, 0.05) is 12.1 Å². The van der Waals surface area contributed by atoms with E-state index in [9.17, 15) is 9.59 Å². The SMILES string of the molecule is O=C1N/C(=C\C2C=Nc3ccccc32)C(=O)N1c1ccccc1. The van der Waals surface area contributed by atoms with Crippen LogP contribution in [0.3, 0.4) is 0 Å². The standard InChI is InChI=1S/C18H13N3O2/c22-17-16(10-12-11-19-15-9-5-4-8-14(12)15)20-18(23)21(17)13-6-2-1-3-7-13/h1-12H,(H,20,23)/b16-10-. The zero-order valence-electron chi connectivity index (χ0n) is 12.1. The van der Waals surface area contributed by atoms with Gasteiger partial charge in [0.2, 0.25) is 0 Å². The zero-order valence-corrected chi connectivity index (χ0v) is 12.1. The molecule has 2 heterocycles. The van der Waals surface area contributed by atoms with Crippen molar-refractivity contribution in [2.24, 2.45) is 4.99 Å². The minimum atomic E-state index is -0.435. The molecule has 1 fully saturated rings. The lowest BCUT2D eigenvalue weighted by Crippen LogP contribution is -2.30. The van der Waals surface area contributed by atoms with Crippen molar-refractivity contribution in [3.8, 4) is 0 Å². The molecular formula is C18H13N3O2. The lowest BCUT2D eigenvalue weighted by molar-refractivity contribution is -0.113. The summed E-state index contributed by atoms with van der Waals surface area (Å²) in [7, 11) is 0. The molecule has 23 heavy (non-hydrogen) atoms. The van der Waals surface area contributed by atoms with Crippen LogP contribution in [0.1, 0.15) is 11.5 Å². The third kappa shape index (κ3) is 2.23. The summed E-state index contributed by atoms with van der Waals surface area (Å²) in [5.41, 5.74) is 2.76. The lowest BCUT2D eigenvalue weighted by Gasteiger charge is -2.11. The van der Waals surface area contributed by atoms with Gasteiger partial charge in [0.15, 0.2) is 0 Å². The molecule has 112 valence electrons. The van der Waals surface area contributed by atoms with E-state index < -0.39 is 6.03 Å². The molecule has 2 aromatic rings. The summed E-state index contributed by atoms with van der Waals surface area (Å²) < 4.78 is 0. The minimum Gasteiger partial charge on any atom is -0.302 e. The van der Waals surface area contributed by atoms with Crippen LogP contribution in [-0.4, -0.2) is 18.2 Å². The maximum Gasteiger partial charge on any atom is 0.333 e. The molecule has 4 rings (SSSR count). The van der Waals surface area contributed by atoms with E-state index in [0.29, 0.717) is 5.69 Å². The number of carbonyl (C=O) groups is 2. The van der Waals surface area contributed by atoms with Crippen LogP contribution in [0.25, 0.3) is 0 Å². The fraction of sp³-hybridized carbons (Fsp3) is 0.0556. The number of aliphatic imine (C=N–C) groups is 1. The first-order valence-electron chi connectivity index (χ1n) is 7.29. The number of nitrogens with zero attached hydrogens (tertiary/aromatic N) is 2. The Labute approximate surface area is 133 Å².